The van der Waals surface area contributed by atoms with Crippen molar-refractivity contribution in [3.05, 3.63) is 0 Å². The Morgan fingerprint density at radius 3 is 1.35 bits per heavy atom. The van der Waals surface area contributed by atoms with Crippen LogP contribution in [0.3, 0.4) is 0 Å². The van der Waals surface area contributed by atoms with Crippen LogP contribution < -0.4 is 0 Å². The summed E-state index contributed by atoms with van der Waals surface area (Å²) in [5, 5.41) is 49.8. The van der Waals surface area contributed by atoms with E-state index in [1.807, 2.05) is 0 Å². The fourth-order valence-electron chi connectivity index (χ4n) is 5.82. The number of phosphoric acid groups is 1. The molecule has 1 aliphatic carbocycles. The Morgan fingerprint density at radius 1 is 0.551 bits per heavy atom. The fourth-order valence-corrected chi connectivity index (χ4v) is 6.79. The number of ether oxygens (including phenoxy) is 2. The molecule has 49 heavy (non-hydrogen) atoms. The first-order chi connectivity index (χ1) is 23.4. The van der Waals surface area contributed by atoms with Crippen molar-refractivity contribution in [3.8, 4) is 0 Å². The van der Waals surface area contributed by atoms with Gasteiger partial charge < -0.3 is 39.9 Å². The average molecular weight is 727 g/mol. The summed E-state index contributed by atoms with van der Waals surface area (Å²) in [6.45, 7) is 3.22. The normalized spacial score (nSPS) is 24.3. The van der Waals surface area contributed by atoms with Crippen molar-refractivity contribution in [3.63, 3.8) is 0 Å². The van der Waals surface area contributed by atoms with Crippen molar-refractivity contribution in [1.29, 1.82) is 0 Å². The lowest BCUT2D eigenvalue weighted by molar-refractivity contribution is -0.220. The number of hydrogen-bond donors (Lipinski definition) is 6. The summed E-state index contributed by atoms with van der Waals surface area (Å²) < 4.78 is 33.2. The van der Waals surface area contributed by atoms with Crippen LogP contribution in [0.1, 0.15) is 155 Å². The van der Waals surface area contributed by atoms with Crippen LogP contribution in [0, 0.1) is 0 Å². The van der Waals surface area contributed by atoms with Crippen LogP contribution in [0.5, 0.6) is 0 Å². The summed E-state index contributed by atoms with van der Waals surface area (Å²) in [4.78, 5) is 35.3. The summed E-state index contributed by atoms with van der Waals surface area (Å²) in [5.74, 6) is -1.10. The molecule has 0 heterocycles. The van der Waals surface area contributed by atoms with Crippen molar-refractivity contribution >= 4 is 19.8 Å². The average Bonchev–Trinajstić information content (AvgIpc) is 3.07. The van der Waals surface area contributed by atoms with E-state index >= 15 is 0 Å². The van der Waals surface area contributed by atoms with Gasteiger partial charge in [0.1, 0.15) is 43.2 Å². The molecule has 290 valence electrons. The van der Waals surface area contributed by atoms with Gasteiger partial charge in [-0.25, -0.2) is 4.57 Å². The molecule has 0 radical (unpaired) electrons. The zero-order chi connectivity index (χ0) is 36.5. The number of esters is 2. The summed E-state index contributed by atoms with van der Waals surface area (Å²) in [6, 6.07) is 0. The van der Waals surface area contributed by atoms with Crippen LogP contribution in [-0.2, 0) is 32.7 Å². The molecule has 0 aromatic rings. The number of aliphatic hydroxyl groups is 5. The zero-order valence-corrected chi connectivity index (χ0v) is 30.9. The maximum atomic E-state index is 12.7. The summed E-state index contributed by atoms with van der Waals surface area (Å²) >= 11 is 0. The molecule has 0 amide bonds. The van der Waals surface area contributed by atoms with Crippen molar-refractivity contribution in [2.75, 3.05) is 13.2 Å². The SMILES string of the molecule is CCCCCCCCCCCCCCC(=O)OC[C@H](COP(=O)(O)OC1C(O)C(O)C(O)[C@@H](O)C1O)OC(=O)CCCCCCCCCC. The van der Waals surface area contributed by atoms with Gasteiger partial charge in [0.25, 0.3) is 0 Å². The topological polar surface area (TPSA) is 210 Å². The van der Waals surface area contributed by atoms with Gasteiger partial charge >= 0.3 is 19.8 Å². The van der Waals surface area contributed by atoms with Gasteiger partial charge in [0.05, 0.1) is 6.61 Å². The minimum absolute atomic E-state index is 0.101. The van der Waals surface area contributed by atoms with E-state index in [1.165, 1.54) is 70.6 Å². The van der Waals surface area contributed by atoms with Gasteiger partial charge in [-0.15, -0.1) is 0 Å². The summed E-state index contributed by atoms with van der Waals surface area (Å²) in [6.07, 6.45) is 9.20. The third-order valence-electron chi connectivity index (χ3n) is 8.95. The molecule has 0 spiro atoms. The van der Waals surface area contributed by atoms with Gasteiger partial charge in [-0.3, -0.25) is 18.6 Å². The molecule has 0 saturated heterocycles. The van der Waals surface area contributed by atoms with E-state index in [0.717, 1.165) is 44.9 Å². The highest BCUT2D eigenvalue weighted by molar-refractivity contribution is 7.47. The molecular weight excluding hydrogens is 659 g/mol. The van der Waals surface area contributed by atoms with Crippen LogP contribution >= 0.6 is 7.82 Å². The van der Waals surface area contributed by atoms with E-state index in [0.29, 0.717) is 12.8 Å². The molecule has 6 N–H and O–H groups in total. The van der Waals surface area contributed by atoms with Crippen molar-refractivity contribution < 1.29 is 63.1 Å². The fraction of sp³-hybridized carbons (Fsp3) is 0.943. The first-order valence-corrected chi connectivity index (χ1v) is 20.3. The van der Waals surface area contributed by atoms with Gasteiger partial charge in [-0.05, 0) is 12.8 Å². The molecule has 0 aromatic carbocycles. The highest BCUT2D eigenvalue weighted by Gasteiger charge is 2.51. The van der Waals surface area contributed by atoms with Crippen LogP contribution in [0.15, 0.2) is 0 Å². The molecular formula is C35H67O13P. The maximum absolute atomic E-state index is 12.7. The number of hydrogen-bond acceptors (Lipinski definition) is 12. The van der Waals surface area contributed by atoms with E-state index in [1.54, 1.807) is 0 Å². The third-order valence-corrected chi connectivity index (χ3v) is 9.93. The molecule has 0 aromatic heterocycles. The Kier molecular flexibility index (Phi) is 25.7. The van der Waals surface area contributed by atoms with Crippen LogP contribution in [-0.4, -0.2) is 98.3 Å². The standard InChI is InChI=1S/C35H67O13P/c1-3-5-7-9-11-13-14-15-16-18-19-21-23-28(36)45-25-27(47-29(37)24-22-20-17-12-10-8-6-4-2)26-46-49(43,44)48-35-33(41)31(39)30(38)32(40)34(35)42/h27,30-35,38-42H,3-26H2,1-2H3,(H,43,44)/t27-,30?,31-,32?,33?,34?,35?/m1/s1. The number of carbonyl (C=O) groups is 2. The highest BCUT2D eigenvalue weighted by atomic mass is 31.2. The molecule has 13 nitrogen and oxygen atoms in total. The van der Waals surface area contributed by atoms with E-state index < -0.39 is 75.7 Å². The Balaban J connectivity index is 2.54. The first kappa shape index (κ1) is 45.9. The lowest BCUT2D eigenvalue weighted by atomic mass is 9.85. The largest absolute Gasteiger partial charge is 0.472 e. The smallest absolute Gasteiger partial charge is 0.462 e. The van der Waals surface area contributed by atoms with E-state index in [-0.39, 0.29) is 12.8 Å². The van der Waals surface area contributed by atoms with Gasteiger partial charge in [-0.1, -0.05) is 129 Å². The van der Waals surface area contributed by atoms with E-state index in [4.69, 9.17) is 18.5 Å². The van der Waals surface area contributed by atoms with Gasteiger partial charge in [0.2, 0.25) is 0 Å². The monoisotopic (exact) mass is 726 g/mol. The van der Waals surface area contributed by atoms with Crippen LogP contribution in [0.2, 0.25) is 0 Å². The van der Waals surface area contributed by atoms with Crippen LogP contribution in [0.4, 0.5) is 0 Å². The molecule has 1 fully saturated rings. The molecule has 1 aliphatic rings. The molecule has 8 atom stereocenters. The van der Waals surface area contributed by atoms with Crippen molar-refractivity contribution in [1.82, 2.24) is 0 Å². The predicted octanol–water partition coefficient (Wildman–Crippen LogP) is 5.38. The van der Waals surface area contributed by atoms with Crippen LogP contribution in [0.25, 0.3) is 0 Å². The summed E-state index contributed by atoms with van der Waals surface area (Å²) in [7, 11) is -5.09. The van der Waals surface area contributed by atoms with Gasteiger partial charge in [0, 0.05) is 12.8 Å². The Morgan fingerprint density at radius 2 is 0.918 bits per heavy atom. The molecule has 6 unspecified atom stereocenters. The zero-order valence-electron chi connectivity index (χ0n) is 30.0. The minimum Gasteiger partial charge on any atom is -0.462 e. The second-order valence-electron chi connectivity index (χ2n) is 13.4. The molecule has 0 bridgehead atoms. The number of carbonyl (C=O) groups excluding carboxylic acids is 2. The number of phosphoric ester groups is 1. The summed E-state index contributed by atoms with van der Waals surface area (Å²) in [5.41, 5.74) is 0. The quantitative estimate of drug-likeness (QED) is 0.0312. The number of unbranched alkanes of at least 4 members (excludes halogenated alkanes) is 18. The maximum Gasteiger partial charge on any atom is 0.472 e. The van der Waals surface area contributed by atoms with Crippen molar-refractivity contribution in [2.45, 2.75) is 198 Å². The third kappa shape index (κ3) is 21.1. The van der Waals surface area contributed by atoms with Gasteiger partial charge in [-0.2, -0.15) is 0 Å². The second-order valence-corrected chi connectivity index (χ2v) is 14.9. The van der Waals surface area contributed by atoms with Gasteiger partial charge in [0.15, 0.2) is 6.10 Å². The second kappa shape index (κ2) is 27.5. The molecule has 14 heteroatoms. The number of rotatable bonds is 30. The number of aliphatic hydroxyl groups excluding tert-OH is 5. The Labute approximate surface area is 293 Å². The lowest BCUT2D eigenvalue weighted by Gasteiger charge is -2.41. The molecule has 1 rings (SSSR count). The lowest BCUT2D eigenvalue weighted by Crippen LogP contribution is -2.64. The molecule has 0 aliphatic heterocycles. The Hall–Kier alpha value is -1.15. The molecule has 1 saturated carbocycles. The van der Waals surface area contributed by atoms with E-state index in [2.05, 4.69) is 13.8 Å². The first-order valence-electron chi connectivity index (χ1n) is 18.8. The van der Waals surface area contributed by atoms with Crippen molar-refractivity contribution in [2.24, 2.45) is 0 Å². The highest BCUT2D eigenvalue weighted by Crippen LogP contribution is 2.47. The predicted molar refractivity (Wildman–Crippen MR) is 184 cm³/mol. The Bertz CT molecular complexity index is 891. The van der Waals surface area contributed by atoms with E-state index in [9.17, 15) is 44.6 Å². The minimum atomic E-state index is -5.09.